The highest BCUT2D eigenvalue weighted by atomic mass is 16.4. The Hall–Kier alpha value is -0.570. The summed E-state index contributed by atoms with van der Waals surface area (Å²) >= 11 is 0. The number of carboxylic acids is 1. The maximum Gasteiger partial charge on any atom is 0.306 e. The lowest BCUT2D eigenvalue weighted by molar-refractivity contribution is -0.147. The summed E-state index contributed by atoms with van der Waals surface area (Å²) in [5.41, 5.74) is 5.30. The zero-order chi connectivity index (χ0) is 6.85. The van der Waals surface area contributed by atoms with Gasteiger partial charge in [-0.1, -0.05) is 0 Å². The third kappa shape index (κ3) is 1.05. The van der Waals surface area contributed by atoms with Crippen LogP contribution in [-0.2, 0) is 4.79 Å². The highest BCUT2D eigenvalue weighted by Gasteiger charge is 2.34. The van der Waals surface area contributed by atoms with Gasteiger partial charge in [-0.05, 0) is 25.3 Å². The number of hydrogen-bond acceptors (Lipinski definition) is 2. The highest BCUT2D eigenvalue weighted by Crippen LogP contribution is 2.33. The van der Waals surface area contributed by atoms with Crippen molar-refractivity contribution < 1.29 is 9.90 Å². The van der Waals surface area contributed by atoms with Crippen molar-refractivity contribution in [2.75, 3.05) is 6.54 Å². The molecule has 0 aromatic heterocycles. The summed E-state index contributed by atoms with van der Waals surface area (Å²) in [4.78, 5) is 10.3. The second-order valence-electron chi connectivity index (χ2n) is 2.52. The minimum Gasteiger partial charge on any atom is -0.481 e. The Balaban J connectivity index is 2.35. The molecular formula is C6H11NO2. The van der Waals surface area contributed by atoms with Gasteiger partial charge in [0.1, 0.15) is 0 Å². The predicted molar refractivity (Wildman–Crippen MR) is 32.9 cm³/mol. The van der Waals surface area contributed by atoms with E-state index in [0.29, 0.717) is 6.54 Å². The Labute approximate surface area is 53.9 Å². The van der Waals surface area contributed by atoms with E-state index in [2.05, 4.69) is 0 Å². The normalized spacial score (nSPS) is 33.4. The first-order chi connectivity index (χ1) is 4.25. The molecule has 1 aliphatic carbocycles. The van der Waals surface area contributed by atoms with Crippen LogP contribution in [0.2, 0.25) is 0 Å². The summed E-state index contributed by atoms with van der Waals surface area (Å²) < 4.78 is 0. The van der Waals surface area contributed by atoms with Crippen LogP contribution in [0.5, 0.6) is 0 Å². The van der Waals surface area contributed by atoms with Gasteiger partial charge in [0.2, 0.25) is 0 Å². The average molecular weight is 129 g/mol. The molecule has 0 heterocycles. The number of aliphatic carboxylic acids is 1. The van der Waals surface area contributed by atoms with E-state index in [4.69, 9.17) is 10.8 Å². The first-order valence-electron chi connectivity index (χ1n) is 3.18. The largest absolute Gasteiger partial charge is 0.481 e. The van der Waals surface area contributed by atoms with E-state index < -0.39 is 5.97 Å². The predicted octanol–water partition coefficient (Wildman–Crippen LogP) is 0.0559. The Kier molecular flexibility index (Phi) is 1.71. The van der Waals surface area contributed by atoms with Gasteiger partial charge in [0, 0.05) is 0 Å². The smallest absolute Gasteiger partial charge is 0.306 e. The summed E-state index contributed by atoms with van der Waals surface area (Å²) in [5, 5.41) is 8.48. The molecule has 3 heteroatoms. The lowest BCUT2D eigenvalue weighted by Crippen LogP contribution is -2.37. The van der Waals surface area contributed by atoms with Gasteiger partial charge in [-0.2, -0.15) is 0 Å². The third-order valence-electron chi connectivity index (χ3n) is 2.04. The number of carboxylic acid groups (broad SMARTS) is 1. The van der Waals surface area contributed by atoms with E-state index in [0.717, 1.165) is 12.8 Å². The Morgan fingerprint density at radius 3 is 2.44 bits per heavy atom. The SMILES string of the molecule is NC[C@H]1CC[C@@H]1C(=O)O. The fourth-order valence-corrected chi connectivity index (χ4v) is 1.18. The van der Waals surface area contributed by atoms with Crippen LogP contribution in [0.3, 0.4) is 0 Å². The number of hydrogen-bond donors (Lipinski definition) is 2. The van der Waals surface area contributed by atoms with Crippen molar-refractivity contribution in [3.8, 4) is 0 Å². The first kappa shape index (κ1) is 6.55. The molecule has 0 aromatic carbocycles. The minimum absolute atomic E-state index is 0.144. The van der Waals surface area contributed by atoms with Crippen molar-refractivity contribution in [3.05, 3.63) is 0 Å². The van der Waals surface area contributed by atoms with Crippen LogP contribution < -0.4 is 5.73 Å². The highest BCUT2D eigenvalue weighted by molar-refractivity contribution is 5.71. The summed E-state index contributed by atoms with van der Waals surface area (Å²) in [5.74, 6) is -0.575. The second-order valence-corrected chi connectivity index (χ2v) is 2.52. The molecule has 1 saturated carbocycles. The number of rotatable bonds is 2. The van der Waals surface area contributed by atoms with Gasteiger partial charge in [0.15, 0.2) is 0 Å². The summed E-state index contributed by atoms with van der Waals surface area (Å²) in [6.07, 6.45) is 1.81. The van der Waals surface area contributed by atoms with Crippen LogP contribution in [-0.4, -0.2) is 17.6 Å². The quantitative estimate of drug-likeness (QED) is 0.554. The van der Waals surface area contributed by atoms with Crippen LogP contribution in [0.4, 0.5) is 0 Å². The van der Waals surface area contributed by atoms with E-state index in [1.165, 1.54) is 0 Å². The van der Waals surface area contributed by atoms with Crippen molar-refractivity contribution in [1.29, 1.82) is 0 Å². The molecule has 0 spiro atoms. The van der Waals surface area contributed by atoms with Crippen LogP contribution in [0.15, 0.2) is 0 Å². The third-order valence-corrected chi connectivity index (χ3v) is 2.04. The zero-order valence-corrected chi connectivity index (χ0v) is 5.21. The van der Waals surface area contributed by atoms with Gasteiger partial charge < -0.3 is 10.8 Å². The molecule has 0 unspecified atom stereocenters. The monoisotopic (exact) mass is 129 g/mol. The molecule has 0 amide bonds. The van der Waals surface area contributed by atoms with E-state index in [-0.39, 0.29) is 11.8 Å². The standard InChI is InChI=1S/C6H11NO2/c7-3-4-1-2-5(4)6(8)9/h4-5H,1-3,7H2,(H,8,9)/t4-,5+/m1/s1. The maximum atomic E-state index is 10.3. The van der Waals surface area contributed by atoms with Gasteiger partial charge in [-0.25, -0.2) is 0 Å². The van der Waals surface area contributed by atoms with Crippen molar-refractivity contribution in [1.82, 2.24) is 0 Å². The second kappa shape index (κ2) is 2.35. The molecule has 0 aromatic rings. The van der Waals surface area contributed by atoms with Gasteiger partial charge in [0.05, 0.1) is 5.92 Å². The minimum atomic E-state index is -0.684. The molecule has 0 saturated heterocycles. The fraction of sp³-hybridized carbons (Fsp3) is 0.833. The van der Waals surface area contributed by atoms with Gasteiger partial charge >= 0.3 is 5.97 Å². The molecule has 52 valence electrons. The summed E-state index contributed by atoms with van der Waals surface area (Å²) in [7, 11) is 0. The molecule has 1 fully saturated rings. The lowest BCUT2D eigenvalue weighted by atomic mass is 9.74. The Morgan fingerprint density at radius 2 is 2.33 bits per heavy atom. The molecule has 3 N–H and O–H groups in total. The van der Waals surface area contributed by atoms with Gasteiger partial charge in [-0.3, -0.25) is 4.79 Å². The van der Waals surface area contributed by atoms with Crippen LogP contribution in [0.1, 0.15) is 12.8 Å². The van der Waals surface area contributed by atoms with Crippen molar-refractivity contribution in [3.63, 3.8) is 0 Å². The summed E-state index contributed by atoms with van der Waals surface area (Å²) in [6, 6.07) is 0. The van der Waals surface area contributed by atoms with Crippen molar-refractivity contribution in [2.45, 2.75) is 12.8 Å². The van der Waals surface area contributed by atoms with Crippen LogP contribution >= 0.6 is 0 Å². The van der Waals surface area contributed by atoms with E-state index in [1.807, 2.05) is 0 Å². The molecule has 1 rings (SSSR count). The molecule has 3 nitrogen and oxygen atoms in total. The average Bonchev–Trinajstić information content (AvgIpc) is 1.61. The van der Waals surface area contributed by atoms with E-state index in [9.17, 15) is 4.79 Å². The van der Waals surface area contributed by atoms with Gasteiger partial charge in [0.25, 0.3) is 0 Å². The Bertz CT molecular complexity index is 122. The van der Waals surface area contributed by atoms with E-state index in [1.54, 1.807) is 0 Å². The molecule has 9 heavy (non-hydrogen) atoms. The van der Waals surface area contributed by atoms with Crippen LogP contribution in [0, 0.1) is 11.8 Å². The molecule has 1 aliphatic rings. The van der Waals surface area contributed by atoms with Crippen molar-refractivity contribution in [2.24, 2.45) is 17.6 Å². The topological polar surface area (TPSA) is 63.3 Å². The number of nitrogens with two attached hydrogens (primary N) is 1. The van der Waals surface area contributed by atoms with Crippen LogP contribution in [0.25, 0.3) is 0 Å². The fourth-order valence-electron chi connectivity index (χ4n) is 1.18. The zero-order valence-electron chi connectivity index (χ0n) is 5.21. The van der Waals surface area contributed by atoms with Crippen molar-refractivity contribution >= 4 is 5.97 Å². The molecule has 2 atom stereocenters. The molecule has 0 aliphatic heterocycles. The Morgan fingerprint density at radius 1 is 1.67 bits per heavy atom. The molecule has 0 radical (unpaired) electrons. The molecule has 0 bridgehead atoms. The lowest BCUT2D eigenvalue weighted by Gasteiger charge is -2.31. The maximum absolute atomic E-state index is 10.3. The first-order valence-corrected chi connectivity index (χ1v) is 3.18. The molecular weight excluding hydrogens is 118 g/mol. The summed E-state index contributed by atoms with van der Waals surface area (Å²) in [6.45, 7) is 0.525. The van der Waals surface area contributed by atoms with Gasteiger partial charge in [-0.15, -0.1) is 0 Å². The number of carbonyl (C=O) groups is 1. The van der Waals surface area contributed by atoms with E-state index >= 15 is 0 Å².